The molecule has 0 amide bonds. The topological polar surface area (TPSA) is 75.2 Å². The zero-order valence-corrected chi connectivity index (χ0v) is 14.9. The summed E-state index contributed by atoms with van der Waals surface area (Å²) in [4.78, 5) is 18.7. The van der Waals surface area contributed by atoms with E-state index in [4.69, 9.17) is 4.74 Å². The van der Waals surface area contributed by atoms with Gasteiger partial charge in [0.2, 0.25) is 5.88 Å². The van der Waals surface area contributed by atoms with Crippen LogP contribution >= 0.6 is 22.7 Å². The standard InChI is InChI=1S/C18H14N2O3S2/c1-23-14-7-6-11(10-4-2-3-5-12(10)14)13-9-24-16(19-13)8-15-17(21)20-18(22)25-15/h2-7,9,21H,8H2,1H3,(H,20,22). The molecule has 0 saturated heterocycles. The van der Waals surface area contributed by atoms with Crippen molar-refractivity contribution in [2.75, 3.05) is 7.11 Å². The molecule has 4 rings (SSSR count). The van der Waals surface area contributed by atoms with Crippen LogP contribution in [-0.4, -0.2) is 22.2 Å². The molecule has 2 N–H and O–H groups in total. The molecular formula is C18H14N2O3S2. The number of methoxy groups -OCH3 is 1. The monoisotopic (exact) mass is 370 g/mol. The lowest BCUT2D eigenvalue weighted by Crippen LogP contribution is -1.89. The fourth-order valence-electron chi connectivity index (χ4n) is 2.80. The van der Waals surface area contributed by atoms with E-state index in [1.54, 1.807) is 7.11 Å². The van der Waals surface area contributed by atoms with Crippen molar-refractivity contribution < 1.29 is 9.84 Å². The van der Waals surface area contributed by atoms with E-state index in [9.17, 15) is 9.90 Å². The maximum Gasteiger partial charge on any atom is 0.307 e. The van der Waals surface area contributed by atoms with Crippen LogP contribution in [-0.2, 0) is 6.42 Å². The van der Waals surface area contributed by atoms with Gasteiger partial charge < -0.3 is 9.84 Å². The van der Waals surface area contributed by atoms with Gasteiger partial charge in [-0.2, -0.15) is 0 Å². The van der Waals surface area contributed by atoms with Crippen LogP contribution in [0.2, 0.25) is 0 Å². The number of hydrogen-bond acceptors (Lipinski definition) is 6. The van der Waals surface area contributed by atoms with Crippen LogP contribution in [0.25, 0.3) is 22.0 Å². The summed E-state index contributed by atoms with van der Waals surface area (Å²) in [5.41, 5.74) is 1.91. The second-order valence-corrected chi connectivity index (χ2v) is 7.46. The Labute approximate surface area is 151 Å². The molecule has 2 heterocycles. The van der Waals surface area contributed by atoms with E-state index in [2.05, 4.69) is 16.0 Å². The van der Waals surface area contributed by atoms with Crippen molar-refractivity contribution >= 4 is 33.4 Å². The van der Waals surface area contributed by atoms with Gasteiger partial charge in [0.1, 0.15) is 5.75 Å². The van der Waals surface area contributed by atoms with Crippen molar-refractivity contribution in [3.8, 4) is 22.9 Å². The maximum absolute atomic E-state index is 11.3. The second-order valence-electron chi connectivity index (χ2n) is 5.45. The Morgan fingerprint density at radius 2 is 2.00 bits per heavy atom. The minimum atomic E-state index is -0.259. The lowest BCUT2D eigenvalue weighted by atomic mass is 10.0. The van der Waals surface area contributed by atoms with Gasteiger partial charge in [-0.05, 0) is 17.5 Å². The van der Waals surface area contributed by atoms with E-state index in [1.807, 2.05) is 35.7 Å². The number of aromatic nitrogens is 2. The van der Waals surface area contributed by atoms with Crippen LogP contribution < -0.4 is 9.61 Å². The molecule has 0 atom stereocenters. The van der Waals surface area contributed by atoms with Crippen LogP contribution in [0.1, 0.15) is 9.88 Å². The minimum absolute atomic E-state index is 0.0679. The SMILES string of the molecule is COc1ccc(-c2csc(Cc3sc(=O)[nH]c3O)n2)c2ccccc12. The number of benzene rings is 2. The summed E-state index contributed by atoms with van der Waals surface area (Å²) in [7, 11) is 1.66. The summed E-state index contributed by atoms with van der Waals surface area (Å²) < 4.78 is 5.44. The number of nitrogens with zero attached hydrogens (tertiary/aromatic N) is 1. The van der Waals surface area contributed by atoms with Crippen molar-refractivity contribution in [1.29, 1.82) is 0 Å². The molecule has 0 bridgehead atoms. The molecule has 4 aromatic rings. The molecule has 0 aliphatic rings. The highest BCUT2D eigenvalue weighted by Crippen LogP contribution is 2.35. The predicted molar refractivity (Wildman–Crippen MR) is 101 cm³/mol. The zero-order chi connectivity index (χ0) is 17.4. The number of thiazole rings is 2. The van der Waals surface area contributed by atoms with Gasteiger partial charge in [-0.25, -0.2) is 4.98 Å². The van der Waals surface area contributed by atoms with Crippen molar-refractivity contribution in [3.05, 3.63) is 61.3 Å². The van der Waals surface area contributed by atoms with Gasteiger partial charge in [-0.3, -0.25) is 9.78 Å². The van der Waals surface area contributed by atoms with E-state index in [0.29, 0.717) is 11.3 Å². The van der Waals surface area contributed by atoms with E-state index < -0.39 is 0 Å². The third kappa shape index (κ3) is 2.92. The van der Waals surface area contributed by atoms with Crippen LogP contribution in [0.4, 0.5) is 0 Å². The van der Waals surface area contributed by atoms with Crippen LogP contribution in [0.3, 0.4) is 0 Å². The summed E-state index contributed by atoms with van der Waals surface area (Å²) in [6.45, 7) is 0. The average molecular weight is 370 g/mol. The Morgan fingerprint density at radius 1 is 1.20 bits per heavy atom. The van der Waals surface area contributed by atoms with Gasteiger partial charge in [-0.15, -0.1) is 11.3 Å². The molecule has 126 valence electrons. The molecule has 0 aliphatic heterocycles. The Hall–Kier alpha value is -2.64. The smallest absolute Gasteiger partial charge is 0.307 e. The van der Waals surface area contributed by atoms with Gasteiger partial charge in [0.15, 0.2) is 0 Å². The van der Waals surface area contributed by atoms with Crippen LogP contribution in [0.15, 0.2) is 46.6 Å². The average Bonchev–Trinajstić information content (AvgIpc) is 3.20. The molecular weight excluding hydrogens is 356 g/mol. The molecule has 0 spiro atoms. The highest BCUT2D eigenvalue weighted by Gasteiger charge is 2.13. The first kappa shape index (κ1) is 15.9. The number of aromatic hydroxyl groups is 1. The number of fused-ring (bicyclic) bond motifs is 1. The zero-order valence-electron chi connectivity index (χ0n) is 13.3. The van der Waals surface area contributed by atoms with Crippen LogP contribution in [0.5, 0.6) is 11.6 Å². The fraction of sp³-hybridized carbons (Fsp3) is 0.111. The number of rotatable bonds is 4. The van der Waals surface area contributed by atoms with Crippen molar-refractivity contribution in [1.82, 2.24) is 9.97 Å². The molecule has 7 heteroatoms. The Morgan fingerprint density at radius 3 is 2.72 bits per heavy atom. The molecule has 2 aromatic carbocycles. The molecule has 0 aliphatic carbocycles. The van der Waals surface area contributed by atoms with E-state index in [-0.39, 0.29) is 10.8 Å². The first-order valence-electron chi connectivity index (χ1n) is 7.57. The Balaban J connectivity index is 1.74. The molecule has 0 unspecified atom stereocenters. The molecule has 0 radical (unpaired) electrons. The van der Waals surface area contributed by atoms with Gasteiger partial charge in [0.25, 0.3) is 0 Å². The number of aromatic amines is 1. The van der Waals surface area contributed by atoms with E-state index in [0.717, 1.165) is 44.1 Å². The summed E-state index contributed by atoms with van der Waals surface area (Å²) >= 11 is 2.52. The first-order valence-corrected chi connectivity index (χ1v) is 9.27. The number of H-pyrrole nitrogens is 1. The quantitative estimate of drug-likeness (QED) is 0.569. The molecule has 2 aromatic heterocycles. The summed E-state index contributed by atoms with van der Waals surface area (Å²) in [5.74, 6) is 0.762. The van der Waals surface area contributed by atoms with Gasteiger partial charge in [0, 0.05) is 22.8 Å². The lowest BCUT2D eigenvalue weighted by Gasteiger charge is -2.08. The largest absolute Gasteiger partial charge is 0.496 e. The second kappa shape index (κ2) is 6.34. The van der Waals surface area contributed by atoms with Crippen molar-refractivity contribution in [2.24, 2.45) is 0 Å². The third-order valence-electron chi connectivity index (χ3n) is 3.94. The molecule has 25 heavy (non-hydrogen) atoms. The highest BCUT2D eigenvalue weighted by molar-refractivity contribution is 7.11. The lowest BCUT2D eigenvalue weighted by molar-refractivity contribution is 0.420. The summed E-state index contributed by atoms with van der Waals surface area (Å²) in [6, 6.07) is 12.0. The fourth-order valence-corrected chi connectivity index (χ4v) is 4.42. The van der Waals surface area contributed by atoms with Crippen LogP contribution in [0, 0.1) is 0 Å². The van der Waals surface area contributed by atoms with E-state index in [1.165, 1.54) is 11.3 Å². The molecule has 5 nitrogen and oxygen atoms in total. The molecule has 0 fully saturated rings. The predicted octanol–water partition coefficient (Wildman–Crippen LogP) is 4.02. The Kier molecular flexibility index (Phi) is 4.03. The van der Waals surface area contributed by atoms with Gasteiger partial charge in [0.05, 0.1) is 22.7 Å². The van der Waals surface area contributed by atoms with Gasteiger partial charge >= 0.3 is 4.87 Å². The summed E-state index contributed by atoms with van der Waals surface area (Å²) in [5, 5.41) is 14.7. The first-order chi connectivity index (χ1) is 12.2. The maximum atomic E-state index is 11.3. The Bertz CT molecular complexity index is 1110. The summed E-state index contributed by atoms with van der Waals surface area (Å²) in [6.07, 6.45) is 0.438. The number of nitrogens with one attached hydrogen (secondary N) is 1. The highest BCUT2D eigenvalue weighted by atomic mass is 32.1. The number of ether oxygens (including phenoxy) is 1. The minimum Gasteiger partial charge on any atom is -0.496 e. The number of hydrogen-bond donors (Lipinski definition) is 2. The third-order valence-corrected chi connectivity index (χ3v) is 5.66. The van der Waals surface area contributed by atoms with Crippen molar-refractivity contribution in [3.63, 3.8) is 0 Å². The van der Waals surface area contributed by atoms with Gasteiger partial charge in [-0.1, -0.05) is 35.6 Å². The normalized spacial score (nSPS) is 11.1. The molecule has 0 saturated carbocycles. The van der Waals surface area contributed by atoms with Crippen molar-refractivity contribution in [2.45, 2.75) is 6.42 Å². The van der Waals surface area contributed by atoms with E-state index >= 15 is 0 Å².